The summed E-state index contributed by atoms with van der Waals surface area (Å²) in [5.74, 6) is -8.92. The Labute approximate surface area is 627 Å². The number of likely N-dealkylation sites (N-methyl/N-ethyl adjacent to an activating group) is 8. The molecular weight excluding hydrogens is 1420 g/mol. The minimum absolute atomic E-state index is 0.0975. The van der Waals surface area contributed by atoms with Crippen LogP contribution in [0.5, 0.6) is 5.75 Å². The van der Waals surface area contributed by atoms with Gasteiger partial charge >= 0.3 is 12.4 Å². The van der Waals surface area contributed by atoms with Crippen LogP contribution in [0.1, 0.15) is 133 Å². The number of fused-ring (bicyclic) bond motifs is 3. The zero-order chi connectivity index (χ0) is 80.2. The Balaban J connectivity index is 1.36. The van der Waals surface area contributed by atoms with E-state index in [-0.39, 0.29) is 75.8 Å². The first kappa shape index (κ1) is 86.0. The molecule has 32 heteroatoms. The Bertz CT molecular complexity index is 3710. The number of ether oxygens (including phenoxy) is 2. The lowest BCUT2D eigenvalue weighted by Gasteiger charge is -2.51. The fourth-order valence-electron chi connectivity index (χ4n) is 15.1. The molecule has 2 saturated carbocycles. The second-order valence-electron chi connectivity index (χ2n) is 29.3. The van der Waals surface area contributed by atoms with Gasteiger partial charge in [-0.2, -0.15) is 26.3 Å². The highest BCUT2D eigenvalue weighted by atomic mass is 19.4. The number of benzene rings is 2. The third kappa shape index (κ3) is 19.8. The summed E-state index contributed by atoms with van der Waals surface area (Å²) < 4.78 is 95.7. The molecule has 108 heavy (non-hydrogen) atoms. The predicted molar refractivity (Wildman–Crippen MR) is 384 cm³/mol. The maximum absolute atomic E-state index is 15.7. The van der Waals surface area contributed by atoms with E-state index < -0.39 is 204 Å². The highest BCUT2D eigenvalue weighted by Crippen LogP contribution is 2.43. The molecule has 3 heterocycles. The fourth-order valence-corrected chi connectivity index (χ4v) is 15.1. The molecule has 1 spiro atoms. The molecule has 7 rings (SSSR count). The van der Waals surface area contributed by atoms with Gasteiger partial charge in [-0.25, -0.2) is 0 Å². The molecular formula is C76H104F6N12O14. The van der Waals surface area contributed by atoms with Gasteiger partial charge in [-0.1, -0.05) is 63.5 Å². The SMILES string of the molecule is C#CC[C@H]1C(=O)N[C@@H]([C@@H](C)CC)C(=O)N(C)CC(=O)N(C)[C@H]2C/C=C\CCN(C2=O)[C@@H](Cc2ccc(C(F)(F)F)cc2)C(=O)N(C)CC(=O)N[C@@H](CCc2ccc(C(F)(F)F)c(OC)c2)C(=O)N2C[C@H](OCC)C[C@H]2C(=O)N(C)C2(CCC2)C(=O)N(C)[C@@H](C2CCCC2)C(=O)N(C)[C@H](C(=O)N(C)C)CC(=O)N1C. The first-order valence-electron chi connectivity index (χ1n) is 36.6. The van der Waals surface area contributed by atoms with E-state index in [4.69, 9.17) is 15.9 Å². The Morgan fingerprint density at radius 3 is 1.92 bits per heavy atom. The van der Waals surface area contributed by atoms with Gasteiger partial charge in [0.2, 0.25) is 70.9 Å². The highest BCUT2D eigenvalue weighted by Gasteiger charge is 2.56. The van der Waals surface area contributed by atoms with Crippen LogP contribution in [0.4, 0.5) is 26.3 Å². The lowest BCUT2D eigenvalue weighted by Crippen LogP contribution is -2.68. The van der Waals surface area contributed by atoms with Crippen LogP contribution in [0.3, 0.4) is 0 Å². The molecule has 3 aliphatic heterocycles. The first-order valence-corrected chi connectivity index (χ1v) is 36.6. The third-order valence-corrected chi connectivity index (χ3v) is 22.1. The van der Waals surface area contributed by atoms with Gasteiger partial charge in [0.15, 0.2) is 0 Å². The molecule has 4 fully saturated rings. The molecule has 12 amide bonds. The number of alkyl halides is 6. The van der Waals surface area contributed by atoms with Crippen LogP contribution in [-0.4, -0.2) is 283 Å². The van der Waals surface area contributed by atoms with Crippen molar-refractivity contribution in [3.8, 4) is 18.1 Å². The number of rotatable bonds is 13. The average molecular weight is 1520 g/mol. The number of carbonyl (C=O) groups excluding carboxylic acids is 12. The van der Waals surface area contributed by atoms with Gasteiger partial charge < -0.3 is 69.1 Å². The summed E-state index contributed by atoms with van der Waals surface area (Å²) in [6.45, 7) is 3.21. The van der Waals surface area contributed by atoms with Crippen molar-refractivity contribution in [3.63, 3.8) is 0 Å². The van der Waals surface area contributed by atoms with E-state index in [1.807, 2.05) is 0 Å². The van der Waals surface area contributed by atoms with Gasteiger partial charge in [0.25, 0.3) is 0 Å². The van der Waals surface area contributed by atoms with Gasteiger partial charge in [0, 0.05) is 102 Å². The number of hydrogen-bond donors (Lipinski definition) is 2. The number of terminal acetylenes is 1. The lowest BCUT2D eigenvalue weighted by atomic mass is 9.73. The van der Waals surface area contributed by atoms with Crippen molar-refractivity contribution in [2.75, 3.05) is 103 Å². The second kappa shape index (κ2) is 36.7. The fraction of sp³-hybridized carbons (Fsp3) is 0.632. The molecule has 10 atom stereocenters. The molecule has 0 radical (unpaired) electrons. The molecule has 26 nitrogen and oxygen atoms in total. The van der Waals surface area contributed by atoms with Crippen molar-refractivity contribution in [3.05, 3.63) is 76.9 Å². The van der Waals surface area contributed by atoms with E-state index in [0.717, 1.165) is 72.9 Å². The summed E-state index contributed by atoms with van der Waals surface area (Å²) in [5.41, 5.74) is -3.38. The summed E-state index contributed by atoms with van der Waals surface area (Å²) in [5, 5.41) is 5.44. The quantitative estimate of drug-likeness (QED) is 0.155. The molecule has 0 aromatic heterocycles. The molecule has 5 aliphatic rings. The van der Waals surface area contributed by atoms with Crippen molar-refractivity contribution >= 4 is 70.9 Å². The summed E-state index contributed by atoms with van der Waals surface area (Å²) >= 11 is 0. The minimum atomic E-state index is -4.83. The van der Waals surface area contributed by atoms with Crippen molar-refractivity contribution in [1.82, 2.24) is 59.6 Å². The number of aryl methyl sites for hydroxylation is 1. The third-order valence-electron chi connectivity index (χ3n) is 22.1. The summed E-state index contributed by atoms with van der Waals surface area (Å²) in [4.78, 5) is 193. The van der Waals surface area contributed by atoms with Gasteiger partial charge in [-0.15, -0.1) is 12.3 Å². The maximum Gasteiger partial charge on any atom is 0.419 e. The zero-order valence-electron chi connectivity index (χ0n) is 63.9. The lowest BCUT2D eigenvalue weighted by molar-refractivity contribution is -0.166. The number of hydrogen-bond acceptors (Lipinski definition) is 14. The zero-order valence-corrected chi connectivity index (χ0v) is 63.9. The van der Waals surface area contributed by atoms with E-state index >= 15 is 28.8 Å². The van der Waals surface area contributed by atoms with Crippen LogP contribution >= 0.6 is 0 Å². The van der Waals surface area contributed by atoms with E-state index in [2.05, 4.69) is 16.6 Å². The Morgan fingerprint density at radius 1 is 0.704 bits per heavy atom. The number of carbonyl (C=O) groups is 12. The maximum atomic E-state index is 15.7. The van der Waals surface area contributed by atoms with E-state index in [1.165, 1.54) is 89.1 Å². The van der Waals surface area contributed by atoms with Gasteiger partial charge in [-0.05, 0) is 112 Å². The molecule has 2 N–H and O–H groups in total. The molecule has 594 valence electrons. The number of nitrogens with zero attached hydrogens (tertiary/aromatic N) is 10. The van der Waals surface area contributed by atoms with Gasteiger partial charge in [-0.3, -0.25) is 57.5 Å². The van der Waals surface area contributed by atoms with Crippen LogP contribution in [0.15, 0.2) is 54.6 Å². The van der Waals surface area contributed by atoms with E-state index in [9.17, 15) is 55.1 Å². The predicted octanol–water partition coefficient (Wildman–Crippen LogP) is 4.79. The van der Waals surface area contributed by atoms with Crippen molar-refractivity contribution < 1.29 is 93.4 Å². The summed E-state index contributed by atoms with van der Waals surface area (Å²) in [6, 6.07) is -4.77. The highest BCUT2D eigenvalue weighted by molar-refractivity contribution is 6.01. The molecule has 2 aromatic carbocycles. The Kier molecular flexibility index (Phi) is 29.3. The van der Waals surface area contributed by atoms with Crippen LogP contribution in [0.2, 0.25) is 0 Å². The number of halogens is 6. The number of methoxy groups -OCH3 is 1. The Hall–Kier alpha value is -9.28. The smallest absolute Gasteiger partial charge is 0.419 e. The van der Waals surface area contributed by atoms with Crippen molar-refractivity contribution in [2.24, 2.45) is 11.8 Å². The standard InChI is InChI=1S/C76H104F6N12O14/c1-15-24-54-65(98)84-63(46(4)16-2)71(104)87(8)45-62(97)89(10)55-27-19-18-22-38-93(70(55)103)57(39-47-28-32-50(33-29-47)75(77,78)79)68(101)86(7)44-60(95)83-53(35-31-48-30-34-52(76(80,81)82)59(40-48)107-14)66(99)94-43-51(108-17-3)41-58(94)69(102)92(13)74(36-23-37-74)73(106)91(12)64(49-25-20-21-26-49)72(105)90(11)56(67(100)85(5)6)42-61(96)88(54)9/h1,18-19,28-30,32-34,40,46,49,51,53-58,63-64H,16-17,20-27,31,35-39,41-45H2,2-14H3,(H,83,95)(H,84,98)/b19-18-/t46-,51+,53-,54-,55-,56-,57-,58-,63-,64-/m0/s1. The van der Waals surface area contributed by atoms with Crippen LogP contribution < -0.4 is 15.4 Å². The molecule has 2 aliphatic carbocycles. The largest absolute Gasteiger partial charge is 0.496 e. The number of amides is 12. The minimum Gasteiger partial charge on any atom is -0.496 e. The monoisotopic (exact) mass is 1520 g/mol. The normalized spacial score (nSPS) is 26.0. The van der Waals surface area contributed by atoms with Crippen LogP contribution in [0.25, 0.3) is 0 Å². The van der Waals surface area contributed by atoms with Gasteiger partial charge in [0.1, 0.15) is 59.6 Å². The van der Waals surface area contributed by atoms with Crippen molar-refractivity contribution in [1.29, 1.82) is 0 Å². The van der Waals surface area contributed by atoms with E-state index in [0.29, 0.717) is 38.5 Å². The topological polar surface area (TPSA) is 280 Å². The van der Waals surface area contributed by atoms with Crippen LogP contribution in [-0.2, 0) is 87.5 Å². The second-order valence-corrected chi connectivity index (χ2v) is 29.3. The van der Waals surface area contributed by atoms with Gasteiger partial charge in [0.05, 0.1) is 43.9 Å². The Morgan fingerprint density at radius 2 is 1.34 bits per heavy atom. The molecule has 2 bridgehead atoms. The summed E-state index contributed by atoms with van der Waals surface area (Å²) in [6.07, 6.45) is -0.227. The first-order chi connectivity index (χ1) is 50.8. The van der Waals surface area contributed by atoms with E-state index in [1.54, 1.807) is 32.9 Å². The molecule has 2 aromatic rings. The van der Waals surface area contributed by atoms with Crippen molar-refractivity contribution in [2.45, 2.75) is 196 Å². The number of nitrogens with one attached hydrogen (secondary N) is 2. The van der Waals surface area contributed by atoms with Crippen LogP contribution in [0, 0.1) is 24.2 Å². The summed E-state index contributed by atoms with van der Waals surface area (Å²) in [7, 11) is 13.1. The average Bonchev–Trinajstić information content (AvgIpc) is 1.17. The molecule has 0 unspecified atom stereocenters. The molecule has 2 saturated heterocycles.